The highest BCUT2D eigenvalue weighted by atomic mass is 16.5. The molecular weight excluding hydrogens is 262 g/mol. The van der Waals surface area contributed by atoms with Crippen molar-refractivity contribution >= 4 is 0 Å². The molecule has 2 N–H and O–H groups in total. The van der Waals surface area contributed by atoms with Crippen LogP contribution in [-0.2, 0) is 4.74 Å². The van der Waals surface area contributed by atoms with E-state index in [-0.39, 0.29) is 11.2 Å². The number of hydrogen-bond acceptors (Lipinski definition) is 4. The smallest absolute Gasteiger partial charge is 0.0789 e. The summed E-state index contributed by atoms with van der Waals surface area (Å²) in [6.07, 6.45) is 4.79. The summed E-state index contributed by atoms with van der Waals surface area (Å²) < 4.78 is 6.28. The second-order valence-corrected chi connectivity index (χ2v) is 8.50. The second kappa shape index (κ2) is 5.48. The van der Waals surface area contributed by atoms with Crippen LogP contribution < -0.4 is 5.73 Å². The van der Waals surface area contributed by atoms with Crippen molar-refractivity contribution in [3.63, 3.8) is 0 Å². The van der Waals surface area contributed by atoms with Crippen LogP contribution in [0.25, 0.3) is 0 Å². The average Bonchev–Trinajstić information content (AvgIpc) is 2.92. The SMILES string of the molecule is CC1(C)CC(N2CCC(N3CCC(N)CC3)C2)C(C)(C)O1. The molecule has 0 amide bonds. The summed E-state index contributed by atoms with van der Waals surface area (Å²) in [5.41, 5.74) is 6.03. The van der Waals surface area contributed by atoms with E-state index in [1.807, 2.05) is 0 Å². The van der Waals surface area contributed by atoms with Gasteiger partial charge in [0, 0.05) is 31.2 Å². The second-order valence-electron chi connectivity index (χ2n) is 8.50. The van der Waals surface area contributed by atoms with Gasteiger partial charge in [0.15, 0.2) is 0 Å². The van der Waals surface area contributed by atoms with Crippen molar-refractivity contribution in [1.82, 2.24) is 9.80 Å². The summed E-state index contributed by atoms with van der Waals surface area (Å²) in [4.78, 5) is 5.37. The summed E-state index contributed by atoms with van der Waals surface area (Å²) in [7, 11) is 0. The number of hydrogen-bond donors (Lipinski definition) is 1. The minimum absolute atomic E-state index is 0.0180. The monoisotopic (exact) mass is 295 g/mol. The van der Waals surface area contributed by atoms with Crippen LogP contribution in [0.15, 0.2) is 0 Å². The molecule has 2 atom stereocenters. The van der Waals surface area contributed by atoms with Gasteiger partial charge in [-0.3, -0.25) is 9.80 Å². The van der Waals surface area contributed by atoms with Gasteiger partial charge in [-0.15, -0.1) is 0 Å². The van der Waals surface area contributed by atoms with Gasteiger partial charge in [0.05, 0.1) is 11.2 Å². The van der Waals surface area contributed by atoms with Crippen molar-refractivity contribution in [2.24, 2.45) is 5.73 Å². The molecule has 122 valence electrons. The van der Waals surface area contributed by atoms with E-state index >= 15 is 0 Å². The first-order valence-corrected chi connectivity index (χ1v) is 8.71. The highest BCUT2D eigenvalue weighted by Gasteiger charge is 2.49. The molecule has 3 heterocycles. The summed E-state index contributed by atoms with van der Waals surface area (Å²) >= 11 is 0. The predicted octanol–water partition coefficient (Wildman–Crippen LogP) is 1.83. The molecule has 0 aromatic rings. The van der Waals surface area contributed by atoms with E-state index in [0.717, 1.165) is 12.5 Å². The van der Waals surface area contributed by atoms with E-state index < -0.39 is 0 Å². The fraction of sp³-hybridized carbons (Fsp3) is 1.00. The molecular formula is C17H33N3O. The van der Waals surface area contributed by atoms with Gasteiger partial charge < -0.3 is 10.5 Å². The van der Waals surface area contributed by atoms with E-state index in [1.165, 1.54) is 45.4 Å². The van der Waals surface area contributed by atoms with Gasteiger partial charge in [-0.1, -0.05) is 0 Å². The largest absolute Gasteiger partial charge is 0.368 e. The van der Waals surface area contributed by atoms with Crippen molar-refractivity contribution in [2.75, 3.05) is 26.2 Å². The summed E-state index contributed by atoms with van der Waals surface area (Å²) in [5.74, 6) is 0. The van der Waals surface area contributed by atoms with Crippen LogP contribution in [0.3, 0.4) is 0 Å². The quantitative estimate of drug-likeness (QED) is 0.844. The van der Waals surface area contributed by atoms with Crippen LogP contribution in [0.1, 0.15) is 53.4 Å². The average molecular weight is 295 g/mol. The highest BCUT2D eigenvalue weighted by Crippen LogP contribution is 2.41. The Labute approximate surface area is 130 Å². The van der Waals surface area contributed by atoms with Crippen LogP contribution >= 0.6 is 0 Å². The third kappa shape index (κ3) is 3.29. The summed E-state index contributed by atoms with van der Waals surface area (Å²) in [5, 5.41) is 0. The molecule has 0 aromatic carbocycles. The number of ether oxygens (including phenoxy) is 1. The molecule has 3 rings (SSSR count). The zero-order chi connectivity index (χ0) is 15.3. The molecule has 4 heteroatoms. The maximum absolute atomic E-state index is 6.28. The fourth-order valence-electron chi connectivity index (χ4n) is 4.74. The lowest BCUT2D eigenvalue weighted by Crippen LogP contribution is -2.49. The maximum atomic E-state index is 6.28. The molecule has 0 radical (unpaired) electrons. The Morgan fingerprint density at radius 3 is 2.14 bits per heavy atom. The Balaban J connectivity index is 1.60. The normalized spacial score (nSPS) is 38.1. The molecule has 3 aliphatic rings. The molecule has 21 heavy (non-hydrogen) atoms. The first kappa shape index (κ1) is 15.7. The number of nitrogens with two attached hydrogens (primary N) is 1. The van der Waals surface area contributed by atoms with Crippen molar-refractivity contribution in [3.05, 3.63) is 0 Å². The third-order valence-electron chi connectivity index (χ3n) is 5.75. The van der Waals surface area contributed by atoms with Crippen molar-refractivity contribution < 1.29 is 4.74 Å². The van der Waals surface area contributed by atoms with Gasteiger partial charge in [0.25, 0.3) is 0 Å². The zero-order valence-corrected chi connectivity index (χ0v) is 14.3. The molecule has 0 aliphatic carbocycles. The number of nitrogens with zero attached hydrogens (tertiary/aromatic N) is 2. The van der Waals surface area contributed by atoms with Gasteiger partial charge >= 0.3 is 0 Å². The molecule has 4 nitrogen and oxygen atoms in total. The lowest BCUT2D eigenvalue weighted by Gasteiger charge is -2.37. The number of piperidine rings is 1. The molecule has 0 bridgehead atoms. The molecule has 0 saturated carbocycles. The van der Waals surface area contributed by atoms with Gasteiger partial charge in [-0.2, -0.15) is 0 Å². The summed E-state index contributed by atoms with van der Waals surface area (Å²) in [6, 6.07) is 1.73. The van der Waals surface area contributed by atoms with Gasteiger partial charge in [0.2, 0.25) is 0 Å². The minimum Gasteiger partial charge on any atom is -0.368 e. The predicted molar refractivity (Wildman–Crippen MR) is 86.4 cm³/mol. The third-order valence-corrected chi connectivity index (χ3v) is 5.75. The molecule has 0 spiro atoms. The highest BCUT2D eigenvalue weighted by molar-refractivity contribution is 5.02. The Bertz CT molecular complexity index is 374. The maximum Gasteiger partial charge on any atom is 0.0789 e. The Kier molecular flexibility index (Phi) is 4.11. The first-order valence-electron chi connectivity index (χ1n) is 8.71. The van der Waals surface area contributed by atoms with E-state index in [1.54, 1.807) is 0 Å². The van der Waals surface area contributed by atoms with E-state index in [9.17, 15) is 0 Å². The lowest BCUT2D eigenvalue weighted by atomic mass is 9.93. The minimum atomic E-state index is -0.0252. The molecule has 3 aliphatic heterocycles. The van der Waals surface area contributed by atoms with Crippen LogP contribution in [-0.4, -0.2) is 65.3 Å². The molecule has 2 unspecified atom stereocenters. The van der Waals surface area contributed by atoms with E-state index in [2.05, 4.69) is 37.5 Å². The molecule has 3 saturated heterocycles. The fourth-order valence-corrected chi connectivity index (χ4v) is 4.74. The molecule has 3 fully saturated rings. The molecule has 0 aromatic heterocycles. The number of likely N-dealkylation sites (tertiary alicyclic amines) is 2. The van der Waals surface area contributed by atoms with E-state index in [0.29, 0.717) is 12.1 Å². The number of rotatable bonds is 2. The standard InChI is InChI=1S/C17H33N3O/c1-16(2)11-15(17(3,4)21-16)20-10-7-14(12-20)19-8-5-13(18)6-9-19/h13-15H,5-12,18H2,1-4H3. The van der Waals surface area contributed by atoms with Crippen LogP contribution in [0, 0.1) is 0 Å². The Morgan fingerprint density at radius 1 is 0.952 bits per heavy atom. The van der Waals surface area contributed by atoms with Gasteiger partial charge in [-0.25, -0.2) is 0 Å². The van der Waals surface area contributed by atoms with E-state index in [4.69, 9.17) is 10.5 Å². The lowest BCUT2D eigenvalue weighted by molar-refractivity contribution is -0.0792. The topological polar surface area (TPSA) is 41.7 Å². The Morgan fingerprint density at radius 2 is 1.57 bits per heavy atom. The summed E-state index contributed by atoms with van der Waals surface area (Å²) in [6.45, 7) is 13.8. The van der Waals surface area contributed by atoms with Crippen LogP contribution in [0.4, 0.5) is 0 Å². The zero-order valence-electron chi connectivity index (χ0n) is 14.3. The first-order chi connectivity index (χ1) is 9.77. The van der Waals surface area contributed by atoms with Gasteiger partial charge in [0.1, 0.15) is 0 Å². The van der Waals surface area contributed by atoms with Crippen molar-refractivity contribution in [1.29, 1.82) is 0 Å². The van der Waals surface area contributed by atoms with Gasteiger partial charge in [-0.05, 0) is 66.5 Å². The van der Waals surface area contributed by atoms with Crippen LogP contribution in [0.5, 0.6) is 0 Å². The Hall–Kier alpha value is -0.160. The van der Waals surface area contributed by atoms with Crippen LogP contribution in [0.2, 0.25) is 0 Å². The van der Waals surface area contributed by atoms with Crippen molar-refractivity contribution in [2.45, 2.75) is 82.7 Å². The van der Waals surface area contributed by atoms with Crippen molar-refractivity contribution in [3.8, 4) is 0 Å².